The van der Waals surface area contributed by atoms with Gasteiger partial charge in [-0.05, 0) is 32.1 Å². The molecule has 60 heavy (non-hydrogen) atoms. The van der Waals surface area contributed by atoms with Gasteiger partial charge in [-0.3, -0.25) is 9.59 Å². The van der Waals surface area contributed by atoms with E-state index >= 15 is 0 Å². The first-order valence-corrected chi connectivity index (χ1v) is 24.7. The summed E-state index contributed by atoms with van der Waals surface area (Å²) in [7, 11) is 5.40. The first kappa shape index (κ1) is 57.3. The molecule has 0 aromatic carbocycles. The number of carbonyl (C=O) groups excluding carboxylic acids is 3. The number of aliphatic carboxylic acids is 1. The number of likely N-dealkylation sites (N-methyl/N-ethyl adjacent to an activating group) is 1. The van der Waals surface area contributed by atoms with Crippen molar-refractivity contribution >= 4 is 17.9 Å². The zero-order valence-electron chi connectivity index (χ0n) is 39.6. The summed E-state index contributed by atoms with van der Waals surface area (Å²) in [6.45, 7) is 4.52. The first-order valence-electron chi connectivity index (χ1n) is 24.7. The molecule has 0 aliphatic heterocycles. The molecule has 0 amide bonds. The van der Waals surface area contributed by atoms with Crippen LogP contribution < -0.4 is 5.11 Å². The Balaban J connectivity index is 4.24. The summed E-state index contributed by atoms with van der Waals surface area (Å²) < 4.78 is 17.2. The fraction of sp³-hybridized carbons (Fsp3) is 0.788. The lowest BCUT2D eigenvalue weighted by Crippen LogP contribution is -2.55. The predicted octanol–water partition coefficient (Wildman–Crippen LogP) is 12.6. The Labute approximate surface area is 369 Å². The number of hydrogen-bond acceptors (Lipinski definition) is 7. The number of carboxylic acid groups (broad SMARTS) is 1. The van der Waals surface area contributed by atoms with E-state index in [2.05, 4.69) is 38.2 Å². The number of nitrogens with zero attached hydrogens (tertiary/aromatic N) is 1. The summed E-state index contributed by atoms with van der Waals surface area (Å²) in [6.07, 6.45) is 51.4. The number of esters is 2. The standard InChI is InChI=1S/C52H93NO7/c1-6-8-10-12-14-16-18-20-22-23-24-25-26-27-29-30-32-34-36-38-40-42-50(54)59-47-48(46-58-45-44-49(52(56)57)53(3,4)5)60-51(55)43-41-39-37-35-33-31-28-21-19-17-15-13-11-9-7-2/h9,11,13,15,17,19,21,28,48-49H,6-8,10,12,14,16,18,20,22-27,29-47H2,1-5H3/b11-9+,15-13+,19-17+,28-21+. The van der Waals surface area contributed by atoms with E-state index in [1.165, 1.54) is 116 Å². The monoisotopic (exact) mass is 844 g/mol. The van der Waals surface area contributed by atoms with E-state index in [9.17, 15) is 19.5 Å². The molecule has 8 nitrogen and oxygen atoms in total. The molecule has 0 N–H and O–H groups in total. The van der Waals surface area contributed by atoms with Crippen LogP contribution in [0.3, 0.4) is 0 Å². The maximum absolute atomic E-state index is 12.7. The van der Waals surface area contributed by atoms with Gasteiger partial charge in [0.15, 0.2) is 6.10 Å². The molecule has 0 heterocycles. The van der Waals surface area contributed by atoms with Crippen LogP contribution in [-0.2, 0) is 28.6 Å². The summed E-state index contributed by atoms with van der Waals surface area (Å²) >= 11 is 0. The Morgan fingerprint density at radius 1 is 0.517 bits per heavy atom. The average molecular weight is 844 g/mol. The molecule has 348 valence electrons. The number of unbranched alkanes of at least 4 members (excludes halogenated alkanes) is 25. The quantitative estimate of drug-likeness (QED) is 0.0260. The molecule has 2 unspecified atom stereocenters. The average Bonchev–Trinajstić information content (AvgIpc) is 3.21. The van der Waals surface area contributed by atoms with Crippen LogP contribution in [0.25, 0.3) is 0 Å². The zero-order valence-corrected chi connectivity index (χ0v) is 39.6. The molecule has 8 heteroatoms. The maximum Gasteiger partial charge on any atom is 0.306 e. The van der Waals surface area contributed by atoms with E-state index in [0.29, 0.717) is 12.8 Å². The van der Waals surface area contributed by atoms with Gasteiger partial charge in [0, 0.05) is 19.3 Å². The van der Waals surface area contributed by atoms with Crippen molar-refractivity contribution in [2.45, 2.75) is 225 Å². The molecule has 0 saturated heterocycles. The number of ether oxygens (including phenoxy) is 3. The minimum absolute atomic E-state index is 0.0319. The molecule has 0 fully saturated rings. The van der Waals surface area contributed by atoms with Gasteiger partial charge in [0.1, 0.15) is 12.6 Å². The molecule has 0 saturated carbocycles. The van der Waals surface area contributed by atoms with Gasteiger partial charge in [-0.15, -0.1) is 0 Å². The third-order valence-electron chi connectivity index (χ3n) is 11.1. The summed E-state index contributed by atoms with van der Waals surface area (Å²) in [5.41, 5.74) is 0. The van der Waals surface area contributed by atoms with Crippen molar-refractivity contribution in [1.29, 1.82) is 0 Å². The number of hydrogen-bond donors (Lipinski definition) is 0. The van der Waals surface area contributed by atoms with Gasteiger partial charge in [0.2, 0.25) is 0 Å². The molecular formula is C52H93NO7. The Bertz CT molecular complexity index is 1120. The lowest BCUT2D eigenvalue weighted by atomic mass is 10.0. The van der Waals surface area contributed by atoms with Crippen LogP contribution >= 0.6 is 0 Å². The molecule has 0 rings (SSSR count). The molecule has 2 atom stereocenters. The summed E-state index contributed by atoms with van der Waals surface area (Å²) in [5.74, 6) is -1.76. The third kappa shape index (κ3) is 40.7. The van der Waals surface area contributed by atoms with Gasteiger partial charge < -0.3 is 28.6 Å². The van der Waals surface area contributed by atoms with Crippen molar-refractivity contribution in [3.8, 4) is 0 Å². The van der Waals surface area contributed by atoms with Crippen LogP contribution in [0.15, 0.2) is 48.6 Å². The van der Waals surface area contributed by atoms with Gasteiger partial charge in [-0.25, -0.2) is 0 Å². The Kier molecular flexibility index (Phi) is 41.0. The van der Waals surface area contributed by atoms with Crippen LogP contribution in [0.4, 0.5) is 0 Å². The summed E-state index contributed by atoms with van der Waals surface area (Å²) in [6, 6.07) is -0.731. The number of rotatable bonds is 44. The van der Waals surface area contributed by atoms with E-state index in [0.717, 1.165) is 64.2 Å². The SMILES string of the molecule is CC/C=C/C=C/C=C/C=C/CCCCCCCC(=O)OC(COCCC(C(=O)[O-])[N+](C)(C)C)COC(=O)CCCCCCCCCCCCCCCCCCCCCCC. The topological polar surface area (TPSA) is 102 Å². The lowest BCUT2D eigenvalue weighted by Gasteiger charge is -2.34. The second-order valence-corrected chi connectivity index (χ2v) is 17.8. The second-order valence-electron chi connectivity index (χ2n) is 17.8. The highest BCUT2D eigenvalue weighted by molar-refractivity contribution is 5.70. The lowest BCUT2D eigenvalue weighted by molar-refractivity contribution is -0.889. The Morgan fingerprint density at radius 3 is 1.38 bits per heavy atom. The Morgan fingerprint density at radius 2 is 0.933 bits per heavy atom. The van der Waals surface area contributed by atoms with Gasteiger partial charge in [-0.2, -0.15) is 0 Å². The van der Waals surface area contributed by atoms with Crippen molar-refractivity contribution in [3.63, 3.8) is 0 Å². The van der Waals surface area contributed by atoms with Crippen LogP contribution in [0, 0.1) is 0 Å². The highest BCUT2D eigenvalue weighted by Gasteiger charge is 2.25. The number of carboxylic acids is 1. The van der Waals surface area contributed by atoms with E-state index in [4.69, 9.17) is 14.2 Å². The molecule has 0 bridgehead atoms. The molecule has 0 aromatic heterocycles. The van der Waals surface area contributed by atoms with Crippen LogP contribution in [0.5, 0.6) is 0 Å². The maximum atomic E-state index is 12.7. The molecule has 0 aliphatic carbocycles. The van der Waals surface area contributed by atoms with Gasteiger partial charge >= 0.3 is 11.9 Å². The van der Waals surface area contributed by atoms with Crippen molar-refractivity contribution in [1.82, 2.24) is 0 Å². The number of allylic oxidation sites excluding steroid dienone is 8. The molecule has 0 aliphatic rings. The molecule has 0 aromatic rings. The predicted molar refractivity (Wildman–Crippen MR) is 250 cm³/mol. The fourth-order valence-corrected chi connectivity index (χ4v) is 7.26. The summed E-state index contributed by atoms with van der Waals surface area (Å²) in [4.78, 5) is 37.0. The summed E-state index contributed by atoms with van der Waals surface area (Å²) in [5, 5.41) is 11.6. The normalized spacial score (nSPS) is 13.3. The van der Waals surface area contributed by atoms with E-state index in [1.807, 2.05) is 24.3 Å². The van der Waals surface area contributed by atoms with Gasteiger partial charge in [0.25, 0.3) is 0 Å². The van der Waals surface area contributed by atoms with Crippen LogP contribution in [0.2, 0.25) is 0 Å². The third-order valence-corrected chi connectivity index (χ3v) is 11.1. The molecular weight excluding hydrogens is 751 g/mol. The highest BCUT2D eigenvalue weighted by atomic mass is 16.6. The number of carbonyl (C=O) groups is 3. The zero-order chi connectivity index (χ0) is 44.2. The van der Waals surface area contributed by atoms with Gasteiger partial charge in [-0.1, -0.05) is 210 Å². The van der Waals surface area contributed by atoms with Crippen molar-refractivity contribution in [3.05, 3.63) is 48.6 Å². The molecule has 0 radical (unpaired) electrons. The minimum atomic E-state index is -1.13. The van der Waals surface area contributed by atoms with E-state index in [-0.39, 0.29) is 42.7 Å². The molecule has 0 spiro atoms. The van der Waals surface area contributed by atoms with Crippen molar-refractivity contribution < 1.29 is 38.2 Å². The van der Waals surface area contributed by atoms with Crippen molar-refractivity contribution in [2.75, 3.05) is 41.0 Å². The Hall–Kier alpha value is -2.71. The van der Waals surface area contributed by atoms with E-state index < -0.39 is 18.1 Å². The van der Waals surface area contributed by atoms with Crippen LogP contribution in [-0.4, -0.2) is 75.5 Å². The first-order chi connectivity index (χ1) is 29.1. The largest absolute Gasteiger partial charge is 0.544 e. The van der Waals surface area contributed by atoms with Gasteiger partial charge in [0.05, 0.1) is 40.3 Å². The van der Waals surface area contributed by atoms with E-state index in [1.54, 1.807) is 21.1 Å². The minimum Gasteiger partial charge on any atom is -0.544 e. The van der Waals surface area contributed by atoms with Crippen LogP contribution in [0.1, 0.15) is 213 Å². The smallest absolute Gasteiger partial charge is 0.306 e. The fourth-order valence-electron chi connectivity index (χ4n) is 7.26. The highest BCUT2D eigenvalue weighted by Crippen LogP contribution is 2.16. The van der Waals surface area contributed by atoms with Crippen molar-refractivity contribution in [2.24, 2.45) is 0 Å². The second kappa shape index (κ2) is 43.0. The number of quaternary nitrogens is 1.